The molecular weight excluding hydrogens is 425 g/mol. The van der Waals surface area contributed by atoms with E-state index in [1.807, 2.05) is 13.2 Å². The van der Waals surface area contributed by atoms with Crippen LogP contribution in [0.3, 0.4) is 0 Å². The number of nitrogens with one attached hydrogen (secondary N) is 1. The van der Waals surface area contributed by atoms with Gasteiger partial charge in [-0.25, -0.2) is 18.9 Å². The normalized spacial score (nSPS) is 13.9. The first-order valence-corrected chi connectivity index (χ1v) is 10.6. The van der Waals surface area contributed by atoms with Crippen LogP contribution in [0.4, 0.5) is 10.1 Å². The first-order chi connectivity index (χ1) is 15.9. The second-order valence-electron chi connectivity index (χ2n) is 8.06. The number of oxazole rings is 1. The third-order valence-corrected chi connectivity index (χ3v) is 5.47. The number of hydrogen-bond donors (Lipinski definition) is 1. The van der Waals surface area contributed by atoms with E-state index in [4.69, 9.17) is 4.42 Å². The predicted octanol–water partition coefficient (Wildman–Crippen LogP) is 3.85. The SMILES string of the molecule is Cc1nc(C)c(C(=O)Nc2ccc(F)c(-c3nc4ncc(C5=CN(C)CCC5)cn4n3)c2)o1. The number of fused-ring (bicyclic) bond motifs is 1. The van der Waals surface area contributed by atoms with Crippen LogP contribution in [0.25, 0.3) is 22.7 Å². The fourth-order valence-electron chi connectivity index (χ4n) is 3.90. The predicted molar refractivity (Wildman–Crippen MR) is 120 cm³/mol. The Labute approximate surface area is 189 Å². The van der Waals surface area contributed by atoms with E-state index in [-0.39, 0.29) is 17.1 Å². The summed E-state index contributed by atoms with van der Waals surface area (Å²) in [6.45, 7) is 4.37. The quantitative estimate of drug-likeness (QED) is 0.507. The van der Waals surface area contributed by atoms with Gasteiger partial charge in [-0.05, 0) is 43.5 Å². The molecule has 0 atom stereocenters. The highest BCUT2D eigenvalue weighted by Crippen LogP contribution is 2.26. The Bertz CT molecular complexity index is 1410. The molecule has 0 radical (unpaired) electrons. The lowest BCUT2D eigenvalue weighted by Crippen LogP contribution is -2.17. The van der Waals surface area contributed by atoms with Crippen LogP contribution in [-0.2, 0) is 0 Å². The second kappa shape index (κ2) is 8.12. The molecule has 0 saturated carbocycles. The van der Waals surface area contributed by atoms with Crippen molar-refractivity contribution in [1.29, 1.82) is 0 Å². The van der Waals surface area contributed by atoms with Gasteiger partial charge in [0.05, 0.1) is 11.3 Å². The second-order valence-corrected chi connectivity index (χ2v) is 8.06. The fraction of sp³-hybridized carbons (Fsp3) is 0.261. The molecule has 0 bridgehead atoms. The number of rotatable bonds is 4. The lowest BCUT2D eigenvalue weighted by molar-refractivity contribution is 0.0994. The highest BCUT2D eigenvalue weighted by molar-refractivity contribution is 6.03. The summed E-state index contributed by atoms with van der Waals surface area (Å²) in [4.78, 5) is 27.6. The molecule has 1 aliphatic rings. The summed E-state index contributed by atoms with van der Waals surface area (Å²) in [7, 11) is 2.04. The molecule has 1 aliphatic heterocycles. The number of aromatic nitrogens is 5. The number of amides is 1. The van der Waals surface area contributed by atoms with Crippen molar-refractivity contribution in [2.75, 3.05) is 18.9 Å². The van der Waals surface area contributed by atoms with Crippen LogP contribution < -0.4 is 5.32 Å². The minimum Gasteiger partial charge on any atom is -0.436 e. The average molecular weight is 447 g/mol. The van der Waals surface area contributed by atoms with Gasteiger partial charge in [0.15, 0.2) is 11.7 Å². The highest BCUT2D eigenvalue weighted by Gasteiger charge is 2.19. The lowest BCUT2D eigenvalue weighted by atomic mass is 10.0. The molecule has 0 unspecified atom stereocenters. The summed E-state index contributed by atoms with van der Waals surface area (Å²) < 4.78 is 21.6. The van der Waals surface area contributed by atoms with Crippen molar-refractivity contribution in [2.24, 2.45) is 0 Å². The number of benzene rings is 1. The van der Waals surface area contributed by atoms with Crippen molar-refractivity contribution in [1.82, 2.24) is 29.5 Å². The monoisotopic (exact) mass is 447 g/mol. The van der Waals surface area contributed by atoms with E-state index in [1.54, 1.807) is 24.6 Å². The zero-order valence-corrected chi connectivity index (χ0v) is 18.5. The number of carbonyl (C=O) groups excluding carboxylic acids is 1. The maximum Gasteiger partial charge on any atom is 0.293 e. The standard InChI is InChI=1S/C23H22FN7O2/c1-13-20(33-14(2)26-13)22(32)27-17-6-7-19(24)18(9-17)21-28-23-25-10-16(12-31(23)29-21)15-5-4-8-30(3)11-15/h6-7,9-12H,4-5,8H2,1-3H3,(H,27,32). The van der Waals surface area contributed by atoms with Gasteiger partial charge in [0.2, 0.25) is 5.76 Å². The number of anilines is 1. The summed E-state index contributed by atoms with van der Waals surface area (Å²) >= 11 is 0. The van der Waals surface area contributed by atoms with E-state index < -0.39 is 11.7 Å². The Morgan fingerprint density at radius 3 is 2.85 bits per heavy atom. The van der Waals surface area contributed by atoms with Gasteiger partial charge in [-0.15, -0.1) is 5.10 Å². The third-order valence-electron chi connectivity index (χ3n) is 5.47. The van der Waals surface area contributed by atoms with Crippen molar-refractivity contribution < 1.29 is 13.6 Å². The molecule has 0 spiro atoms. The highest BCUT2D eigenvalue weighted by atomic mass is 19.1. The van der Waals surface area contributed by atoms with E-state index in [9.17, 15) is 9.18 Å². The van der Waals surface area contributed by atoms with Gasteiger partial charge in [-0.3, -0.25) is 4.79 Å². The van der Waals surface area contributed by atoms with Crippen LogP contribution in [0.5, 0.6) is 0 Å². The van der Waals surface area contributed by atoms with E-state index in [1.165, 1.54) is 23.8 Å². The largest absolute Gasteiger partial charge is 0.436 e. The molecule has 3 aromatic heterocycles. The van der Waals surface area contributed by atoms with Crippen LogP contribution in [0.1, 0.15) is 40.5 Å². The van der Waals surface area contributed by atoms with Gasteiger partial charge < -0.3 is 14.6 Å². The van der Waals surface area contributed by atoms with Crippen LogP contribution in [0.2, 0.25) is 0 Å². The Morgan fingerprint density at radius 1 is 1.24 bits per heavy atom. The Hall–Kier alpha value is -4.08. The molecule has 168 valence electrons. The maximum absolute atomic E-state index is 14.7. The first-order valence-electron chi connectivity index (χ1n) is 10.6. The zero-order valence-electron chi connectivity index (χ0n) is 18.5. The summed E-state index contributed by atoms with van der Waals surface area (Å²) in [5, 5.41) is 7.15. The van der Waals surface area contributed by atoms with Crippen LogP contribution in [-0.4, -0.2) is 49.0 Å². The van der Waals surface area contributed by atoms with Gasteiger partial charge in [-0.1, -0.05) is 0 Å². The molecule has 4 heterocycles. The van der Waals surface area contributed by atoms with Gasteiger partial charge >= 0.3 is 0 Å². The van der Waals surface area contributed by atoms with E-state index in [2.05, 4.69) is 36.5 Å². The molecule has 9 nitrogen and oxygen atoms in total. The number of nitrogens with zero attached hydrogens (tertiary/aromatic N) is 6. The smallest absolute Gasteiger partial charge is 0.293 e. The molecule has 0 saturated heterocycles. The average Bonchev–Trinajstić information content (AvgIpc) is 3.36. The zero-order chi connectivity index (χ0) is 23.1. The van der Waals surface area contributed by atoms with Gasteiger partial charge in [0.1, 0.15) is 5.82 Å². The molecule has 1 aromatic carbocycles. The number of hydrogen-bond acceptors (Lipinski definition) is 7. The Kier molecular flexibility index (Phi) is 5.12. The molecule has 5 rings (SSSR count). The summed E-state index contributed by atoms with van der Waals surface area (Å²) in [5.74, 6) is 0.0744. The van der Waals surface area contributed by atoms with Crippen molar-refractivity contribution in [2.45, 2.75) is 26.7 Å². The Balaban J connectivity index is 1.45. The topological polar surface area (TPSA) is 101 Å². The van der Waals surface area contributed by atoms with Crippen LogP contribution in [0.15, 0.2) is 41.2 Å². The molecule has 0 aliphatic carbocycles. The van der Waals surface area contributed by atoms with E-state index in [0.29, 0.717) is 23.0 Å². The fourth-order valence-corrected chi connectivity index (χ4v) is 3.90. The minimum atomic E-state index is -0.507. The summed E-state index contributed by atoms with van der Waals surface area (Å²) in [5.41, 5.74) is 3.14. The molecule has 1 amide bonds. The Morgan fingerprint density at radius 2 is 2.09 bits per heavy atom. The molecule has 1 N–H and O–H groups in total. The maximum atomic E-state index is 14.7. The molecule has 4 aromatic rings. The third kappa shape index (κ3) is 4.07. The summed E-state index contributed by atoms with van der Waals surface area (Å²) in [6, 6.07) is 4.21. The summed E-state index contributed by atoms with van der Waals surface area (Å²) in [6.07, 6.45) is 7.74. The molecule has 0 fully saturated rings. The van der Waals surface area contributed by atoms with E-state index in [0.717, 1.165) is 24.9 Å². The first kappa shape index (κ1) is 20.8. The van der Waals surface area contributed by atoms with Gasteiger partial charge in [0.25, 0.3) is 11.7 Å². The van der Waals surface area contributed by atoms with Gasteiger partial charge in [-0.2, -0.15) is 4.98 Å². The number of halogens is 1. The van der Waals surface area contributed by atoms with Crippen molar-refractivity contribution in [3.05, 3.63) is 65.5 Å². The van der Waals surface area contributed by atoms with Crippen LogP contribution >= 0.6 is 0 Å². The minimum absolute atomic E-state index is 0.114. The molecular formula is C23H22FN7O2. The number of allylic oxidation sites excluding steroid dienone is 1. The van der Waals surface area contributed by atoms with Crippen molar-refractivity contribution in [3.8, 4) is 11.4 Å². The van der Waals surface area contributed by atoms with Gasteiger partial charge in [0, 0.05) is 50.4 Å². The molecule has 10 heteroatoms. The number of carbonyl (C=O) groups is 1. The lowest BCUT2D eigenvalue weighted by Gasteiger charge is -2.22. The van der Waals surface area contributed by atoms with Crippen molar-refractivity contribution >= 4 is 22.9 Å². The number of aryl methyl sites for hydroxylation is 2. The van der Waals surface area contributed by atoms with E-state index >= 15 is 0 Å². The van der Waals surface area contributed by atoms with Crippen molar-refractivity contribution in [3.63, 3.8) is 0 Å². The molecule has 33 heavy (non-hydrogen) atoms. The van der Waals surface area contributed by atoms with Crippen LogP contribution in [0, 0.1) is 19.7 Å².